The standard InChI is InChI=1S/C31H38N4O6S/c1-21-15-26(39-3)16-22(2)31(21)42(37,38)34-14-13-33-12-4-5-28(33)29(34)19-40-20-30(36)35-23-6-7-24(35)18-27(17-23)41-25-8-10-32-11-9-25/h4-5,8-12,15-16,23-24,27,29H,6-7,13-14,17-20H2,1-3H3/t23-,24+,27+,29?. The third-order valence-electron chi connectivity index (χ3n) is 8.78. The minimum absolute atomic E-state index is 0.0488. The fourth-order valence-electron chi connectivity index (χ4n) is 7.02. The number of carbonyl (C=O) groups excluding carboxylic acids is 1. The van der Waals surface area contributed by atoms with Crippen molar-refractivity contribution in [3.05, 3.63) is 71.8 Å². The molecule has 4 atom stereocenters. The Bertz CT molecular complexity index is 1500. The smallest absolute Gasteiger partial charge is 0.249 e. The Kier molecular flexibility index (Phi) is 7.99. The van der Waals surface area contributed by atoms with Crippen molar-refractivity contribution in [1.82, 2.24) is 18.8 Å². The summed E-state index contributed by atoms with van der Waals surface area (Å²) < 4.78 is 49.4. The average Bonchev–Trinajstić information content (AvgIpc) is 3.55. The molecule has 0 spiro atoms. The lowest BCUT2D eigenvalue weighted by Crippen LogP contribution is -2.50. The van der Waals surface area contributed by atoms with Crippen molar-refractivity contribution in [2.24, 2.45) is 0 Å². The number of benzene rings is 1. The van der Waals surface area contributed by atoms with Crippen LogP contribution < -0.4 is 9.47 Å². The summed E-state index contributed by atoms with van der Waals surface area (Å²) in [6.45, 7) is 4.43. The first-order valence-electron chi connectivity index (χ1n) is 14.5. The molecule has 2 aromatic heterocycles. The molecule has 2 saturated heterocycles. The number of amides is 1. The highest BCUT2D eigenvalue weighted by Crippen LogP contribution is 2.38. The molecule has 2 fully saturated rings. The Morgan fingerprint density at radius 3 is 2.36 bits per heavy atom. The Balaban J connectivity index is 1.14. The van der Waals surface area contributed by atoms with Gasteiger partial charge in [0.1, 0.15) is 24.2 Å². The van der Waals surface area contributed by atoms with Crippen molar-refractivity contribution in [2.45, 2.75) is 75.2 Å². The van der Waals surface area contributed by atoms with Gasteiger partial charge in [-0.05, 0) is 74.2 Å². The van der Waals surface area contributed by atoms with E-state index in [-0.39, 0.29) is 42.2 Å². The number of hydrogen-bond donors (Lipinski definition) is 0. The maximum absolute atomic E-state index is 14.1. The molecule has 10 nitrogen and oxygen atoms in total. The number of methoxy groups -OCH3 is 1. The number of sulfonamides is 1. The van der Waals surface area contributed by atoms with Crippen LogP contribution in [0.25, 0.3) is 0 Å². The second-order valence-corrected chi connectivity index (χ2v) is 13.3. The van der Waals surface area contributed by atoms with E-state index in [0.717, 1.165) is 37.1 Å². The maximum atomic E-state index is 14.1. The normalized spacial score (nSPS) is 23.9. The Morgan fingerprint density at radius 2 is 1.69 bits per heavy atom. The molecule has 224 valence electrons. The molecule has 3 aliphatic heterocycles. The van der Waals surface area contributed by atoms with Gasteiger partial charge in [0.15, 0.2) is 0 Å². The highest BCUT2D eigenvalue weighted by Gasteiger charge is 2.44. The molecule has 3 aliphatic rings. The molecule has 0 N–H and O–H groups in total. The largest absolute Gasteiger partial charge is 0.497 e. The number of aromatic nitrogens is 2. The summed E-state index contributed by atoms with van der Waals surface area (Å²) >= 11 is 0. The number of hydrogen-bond acceptors (Lipinski definition) is 7. The van der Waals surface area contributed by atoms with E-state index >= 15 is 0 Å². The third kappa shape index (κ3) is 5.41. The lowest BCUT2D eigenvalue weighted by atomic mass is 9.99. The van der Waals surface area contributed by atoms with Crippen LogP contribution in [0.5, 0.6) is 11.5 Å². The minimum atomic E-state index is -3.86. The van der Waals surface area contributed by atoms with E-state index in [1.54, 1.807) is 45.5 Å². The molecule has 5 heterocycles. The van der Waals surface area contributed by atoms with Crippen molar-refractivity contribution in [1.29, 1.82) is 0 Å². The van der Waals surface area contributed by atoms with Gasteiger partial charge in [0.25, 0.3) is 0 Å². The molecule has 1 aromatic carbocycles. The second-order valence-electron chi connectivity index (χ2n) is 11.4. The third-order valence-corrected chi connectivity index (χ3v) is 11.0. The van der Waals surface area contributed by atoms with Gasteiger partial charge in [-0.1, -0.05) is 0 Å². The molecule has 0 radical (unpaired) electrons. The monoisotopic (exact) mass is 594 g/mol. The number of rotatable bonds is 9. The summed E-state index contributed by atoms with van der Waals surface area (Å²) in [5, 5.41) is 0. The summed E-state index contributed by atoms with van der Waals surface area (Å²) in [6, 6.07) is 10.7. The highest BCUT2D eigenvalue weighted by atomic mass is 32.2. The van der Waals surface area contributed by atoms with Gasteiger partial charge in [-0.2, -0.15) is 4.31 Å². The molecule has 1 unspecified atom stereocenters. The molecule has 6 rings (SSSR count). The van der Waals surface area contributed by atoms with E-state index < -0.39 is 16.1 Å². The number of piperidine rings is 1. The first-order chi connectivity index (χ1) is 20.3. The summed E-state index contributed by atoms with van der Waals surface area (Å²) in [7, 11) is -2.29. The van der Waals surface area contributed by atoms with Crippen LogP contribution in [0.2, 0.25) is 0 Å². The molecule has 0 aliphatic carbocycles. The summed E-state index contributed by atoms with van der Waals surface area (Å²) in [4.78, 5) is 19.7. The quantitative estimate of drug-likeness (QED) is 0.371. The van der Waals surface area contributed by atoms with Crippen LogP contribution >= 0.6 is 0 Å². The van der Waals surface area contributed by atoms with Crippen LogP contribution in [0.4, 0.5) is 0 Å². The summed E-state index contributed by atoms with van der Waals surface area (Å²) in [5.41, 5.74) is 2.12. The maximum Gasteiger partial charge on any atom is 0.249 e. The number of carbonyl (C=O) groups is 1. The topological polar surface area (TPSA) is 103 Å². The van der Waals surface area contributed by atoms with Crippen molar-refractivity contribution >= 4 is 15.9 Å². The van der Waals surface area contributed by atoms with Gasteiger partial charge in [0.2, 0.25) is 15.9 Å². The average molecular weight is 595 g/mol. The van der Waals surface area contributed by atoms with Gasteiger partial charge < -0.3 is 23.7 Å². The molecule has 2 bridgehead atoms. The minimum Gasteiger partial charge on any atom is -0.497 e. The molecule has 42 heavy (non-hydrogen) atoms. The van der Waals surface area contributed by atoms with Crippen molar-refractivity contribution in [3.8, 4) is 11.5 Å². The number of ether oxygens (including phenoxy) is 3. The van der Waals surface area contributed by atoms with E-state index in [2.05, 4.69) is 9.55 Å². The first-order valence-corrected chi connectivity index (χ1v) is 16.0. The number of fused-ring (bicyclic) bond motifs is 3. The SMILES string of the molecule is COc1cc(C)c(S(=O)(=O)N2CCn3cccc3C2COCC(=O)N2[C@@H]3CC[C@H]2C[C@@H](Oc2ccncc2)C3)c(C)c1. The predicted octanol–water partition coefficient (Wildman–Crippen LogP) is 3.87. The molecular weight excluding hydrogens is 556 g/mol. The molecule has 3 aromatic rings. The van der Waals surface area contributed by atoms with Crippen LogP contribution in [0, 0.1) is 13.8 Å². The van der Waals surface area contributed by atoms with Crippen molar-refractivity contribution < 1.29 is 27.4 Å². The predicted molar refractivity (Wildman–Crippen MR) is 156 cm³/mol. The zero-order valence-electron chi connectivity index (χ0n) is 24.3. The fourth-order valence-corrected chi connectivity index (χ4v) is 9.02. The fraction of sp³-hybridized carbons (Fsp3) is 0.484. The summed E-state index contributed by atoms with van der Waals surface area (Å²) in [6.07, 6.45) is 8.93. The van der Waals surface area contributed by atoms with E-state index in [4.69, 9.17) is 14.2 Å². The van der Waals surface area contributed by atoms with Gasteiger partial charge in [-0.15, -0.1) is 0 Å². The van der Waals surface area contributed by atoms with Crippen LogP contribution in [0.1, 0.15) is 48.5 Å². The van der Waals surface area contributed by atoms with Crippen LogP contribution in [-0.2, 0) is 26.1 Å². The zero-order chi connectivity index (χ0) is 29.4. The van der Waals surface area contributed by atoms with E-state index in [1.165, 1.54) is 4.31 Å². The van der Waals surface area contributed by atoms with Gasteiger partial charge in [0, 0.05) is 62.3 Å². The Hall–Kier alpha value is -3.41. The number of nitrogens with zero attached hydrogens (tertiary/aromatic N) is 4. The van der Waals surface area contributed by atoms with Crippen LogP contribution in [0.15, 0.2) is 59.9 Å². The van der Waals surface area contributed by atoms with Crippen molar-refractivity contribution in [2.75, 3.05) is 26.9 Å². The number of aryl methyl sites for hydroxylation is 2. The number of pyridine rings is 1. The van der Waals surface area contributed by atoms with Crippen LogP contribution in [-0.4, -0.2) is 78.1 Å². The van der Waals surface area contributed by atoms with Gasteiger partial charge in [-0.3, -0.25) is 9.78 Å². The van der Waals surface area contributed by atoms with Gasteiger partial charge in [-0.25, -0.2) is 8.42 Å². The van der Waals surface area contributed by atoms with Gasteiger partial charge in [0.05, 0.1) is 24.7 Å². The Labute approximate surface area is 247 Å². The Morgan fingerprint density at radius 1 is 1.00 bits per heavy atom. The van der Waals surface area contributed by atoms with Crippen molar-refractivity contribution in [3.63, 3.8) is 0 Å². The second kappa shape index (κ2) is 11.7. The zero-order valence-corrected chi connectivity index (χ0v) is 25.1. The molecular formula is C31H38N4O6S. The molecule has 0 saturated carbocycles. The molecule has 1 amide bonds. The molecule has 11 heteroatoms. The first kappa shape index (κ1) is 28.7. The highest BCUT2D eigenvalue weighted by molar-refractivity contribution is 7.89. The van der Waals surface area contributed by atoms with Crippen LogP contribution in [0.3, 0.4) is 0 Å². The lowest BCUT2D eigenvalue weighted by Gasteiger charge is -2.39. The van der Waals surface area contributed by atoms with E-state index in [0.29, 0.717) is 30.0 Å². The van der Waals surface area contributed by atoms with Gasteiger partial charge >= 0.3 is 0 Å². The summed E-state index contributed by atoms with van der Waals surface area (Å²) in [5.74, 6) is 1.37. The van der Waals surface area contributed by atoms with E-state index in [9.17, 15) is 13.2 Å². The lowest BCUT2D eigenvalue weighted by molar-refractivity contribution is -0.142. The van der Waals surface area contributed by atoms with E-state index in [1.807, 2.05) is 35.4 Å².